The van der Waals surface area contributed by atoms with E-state index in [1.165, 1.54) is 5.57 Å². The lowest BCUT2D eigenvalue weighted by atomic mass is 10.1. The molecular weight excluding hydrogens is 199 g/mol. The van der Waals surface area contributed by atoms with Gasteiger partial charge in [0.15, 0.2) is 8.38 Å². The van der Waals surface area contributed by atoms with Crippen LogP contribution in [0.1, 0.15) is 26.7 Å². The summed E-state index contributed by atoms with van der Waals surface area (Å²) in [6, 6.07) is 0. The molecule has 0 aromatic carbocycles. The number of ketones is 1. The highest BCUT2D eigenvalue weighted by Gasteiger charge is 2.12. The predicted molar refractivity (Wildman–Crippen MR) is 59.5 cm³/mol. The van der Waals surface area contributed by atoms with Gasteiger partial charge in [0.1, 0.15) is 5.78 Å². The quantitative estimate of drug-likeness (QED) is 0.487. The second-order valence-electron chi connectivity index (χ2n) is 3.03. The van der Waals surface area contributed by atoms with E-state index >= 15 is 0 Å². The predicted octanol–water partition coefficient (Wildman–Crippen LogP) is 2.91. The maximum Gasteiger partial charge on any atom is 0.177 e. The fourth-order valence-corrected chi connectivity index (χ4v) is 1.76. The van der Waals surface area contributed by atoms with Crippen LogP contribution in [0.5, 0.6) is 0 Å². The van der Waals surface area contributed by atoms with Gasteiger partial charge in [-0.3, -0.25) is 4.79 Å². The van der Waals surface area contributed by atoms with E-state index in [0.717, 1.165) is 6.42 Å². The first-order valence-corrected chi connectivity index (χ1v) is 5.99. The molecule has 0 spiro atoms. The van der Waals surface area contributed by atoms with E-state index in [-0.39, 0.29) is 5.78 Å². The molecule has 0 heterocycles. The Morgan fingerprint density at radius 1 is 1.29 bits per heavy atom. The van der Waals surface area contributed by atoms with Crippen molar-refractivity contribution >= 4 is 14.2 Å². The zero-order valence-corrected chi connectivity index (χ0v) is 10.3. The minimum Gasteiger partial charge on any atom is -0.337 e. The van der Waals surface area contributed by atoms with E-state index in [1.807, 2.05) is 19.9 Å². The highest BCUT2D eigenvalue weighted by molar-refractivity contribution is 7.48. The molecule has 0 aliphatic carbocycles. The number of carbonyl (C=O) groups excluding carboxylic acids is 1. The molecule has 82 valence electrons. The number of allylic oxidation sites excluding steroid dienone is 2. The SMILES string of the molecule is C/C=C(\C)CCC(=O)CP(OC)OC. The molecule has 0 radical (unpaired) electrons. The lowest BCUT2D eigenvalue weighted by molar-refractivity contribution is -0.116. The minimum absolute atomic E-state index is 0.209. The van der Waals surface area contributed by atoms with Crippen molar-refractivity contribution in [2.75, 3.05) is 20.4 Å². The summed E-state index contributed by atoms with van der Waals surface area (Å²) in [4.78, 5) is 11.4. The maximum absolute atomic E-state index is 11.4. The number of hydrogen-bond donors (Lipinski definition) is 0. The molecule has 0 atom stereocenters. The summed E-state index contributed by atoms with van der Waals surface area (Å²) in [5.41, 5.74) is 1.25. The van der Waals surface area contributed by atoms with E-state index in [2.05, 4.69) is 0 Å². The summed E-state index contributed by atoms with van der Waals surface area (Å²) >= 11 is 0. The van der Waals surface area contributed by atoms with E-state index in [1.54, 1.807) is 14.2 Å². The van der Waals surface area contributed by atoms with E-state index in [9.17, 15) is 4.79 Å². The summed E-state index contributed by atoms with van der Waals surface area (Å²) in [6.45, 7) is 4.01. The van der Waals surface area contributed by atoms with Crippen molar-refractivity contribution in [3.63, 3.8) is 0 Å². The van der Waals surface area contributed by atoms with Crippen molar-refractivity contribution in [2.24, 2.45) is 0 Å². The average molecular weight is 218 g/mol. The zero-order valence-electron chi connectivity index (χ0n) is 9.37. The monoisotopic (exact) mass is 218 g/mol. The van der Waals surface area contributed by atoms with Gasteiger partial charge in [0, 0.05) is 20.6 Å². The van der Waals surface area contributed by atoms with E-state index < -0.39 is 8.38 Å². The smallest absolute Gasteiger partial charge is 0.177 e. The number of carbonyl (C=O) groups is 1. The lowest BCUT2D eigenvalue weighted by Gasteiger charge is -2.10. The summed E-state index contributed by atoms with van der Waals surface area (Å²) in [5, 5.41) is 0. The van der Waals surface area contributed by atoms with Crippen LogP contribution in [0.3, 0.4) is 0 Å². The molecule has 0 aliphatic rings. The molecule has 0 fully saturated rings. The molecule has 0 saturated heterocycles. The first kappa shape index (κ1) is 13.8. The Balaban J connectivity index is 3.75. The zero-order chi connectivity index (χ0) is 11.0. The second-order valence-corrected chi connectivity index (χ2v) is 4.74. The minimum atomic E-state index is -1.000. The Labute approximate surface area is 87.4 Å². The summed E-state index contributed by atoms with van der Waals surface area (Å²) in [6.07, 6.45) is 3.86. The van der Waals surface area contributed by atoms with Crippen LogP contribution in [0.15, 0.2) is 11.6 Å². The van der Waals surface area contributed by atoms with Gasteiger partial charge in [-0.25, -0.2) is 0 Å². The number of rotatable bonds is 7. The van der Waals surface area contributed by atoms with Gasteiger partial charge in [-0.05, 0) is 20.3 Å². The van der Waals surface area contributed by atoms with Gasteiger partial charge in [-0.15, -0.1) is 0 Å². The number of Topliss-reactive ketones (excluding diaryl/α,β-unsaturated/α-hetero) is 1. The van der Waals surface area contributed by atoms with Crippen molar-refractivity contribution in [3.05, 3.63) is 11.6 Å². The molecule has 4 heteroatoms. The molecule has 0 saturated carbocycles. The van der Waals surface area contributed by atoms with Gasteiger partial charge < -0.3 is 9.05 Å². The van der Waals surface area contributed by atoms with Crippen molar-refractivity contribution in [1.29, 1.82) is 0 Å². The number of hydrogen-bond acceptors (Lipinski definition) is 3. The van der Waals surface area contributed by atoms with Gasteiger partial charge in [0.25, 0.3) is 0 Å². The molecule has 14 heavy (non-hydrogen) atoms. The molecule has 0 bridgehead atoms. The molecule has 0 aliphatic heterocycles. The molecule has 0 aromatic heterocycles. The summed E-state index contributed by atoms with van der Waals surface area (Å²) in [7, 11) is 2.14. The largest absolute Gasteiger partial charge is 0.337 e. The van der Waals surface area contributed by atoms with Gasteiger partial charge in [0.2, 0.25) is 0 Å². The standard InChI is InChI=1S/C10H19O3P/c1-5-9(2)6-7-10(11)8-14(12-3)13-4/h5H,6-8H2,1-4H3/b9-5+. The summed E-state index contributed by atoms with van der Waals surface area (Å²) in [5.74, 6) is 0.209. The first-order valence-electron chi connectivity index (χ1n) is 4.63. The molecular formula is C10H19O3P. The van der Waals surface area contributed by atoms with Crippen LogP contribution in [0.2, 0.25) is 0 Å². The van der Waals surface area contributed by atoms with Crippen LogP contribution in [-0.4, -0.2) is 26.2 Å². The molecule has 3 nitrogen and oxygen atoms in total. The molecule has 0 rings (SSSR count). The normalized spacial score (nSPS) is 12.2. The Kier molecular flexibility index (Phi) is 7.96. The van der Waals surface area contributed by atoms with Crippen molar-refractivity contribution in [2.45, 2.75) is 26.7 Å². The second kappa shape index (κ2) is 8.10. The van der Waals surface area contributed by atoms with Crippen LogP contribution in [0, 0.1) is 0 Å². The fourth-order valence-electron chi connectivity index (χ4n) is 0.908. The average Bonchev–Trinajstić information content (AvgIpc) is 2.22. The molecule has 0 N–H and O–H groups in total. The van der Waals surface area contributed by atoms with Crippen LogP contribution >= 0.6 is 8.38 Å². The van der Waals surface area contributed by atoms with Crippen LogP contribution in [0.4, 0.5) is 0 Å². The van der Waals surface area contributed by atoms with Gasteiger partial charge in [-0.2, -0.15) is 0 Å². The third-order valence-electron chi connectivity index (χ3n) is 2.00. The highest BCUT2D eigenvalue weighted by atomic mass is 31.2. The third-order valence-corrected chi connectivity index (χ3v) is 3.43. The van der Waals surface area contributed by atoms with Crippen molar-refractivity contribution in [1.82, 2.24) is 0 Å². The summed E-state index contributed by atoms with van der Waals surface area (Å²) < 4.78 is 10.0. The topological polar surface area (TPSA) is 35.5 Å². The third kappa shape index (κ3) is 6.25. The first-order chi connectivity index (χ1) is 6.63. The maximum atomic E-state index is 11.4. The molecule has 0 aromatic rings. The Hall–Kier alpha value is -0.240. The highest BCUT2D eigenvalue weighted by Crippen LogP contribution is 2.35. The van der Waals surface area contributed by atoms with Crippen molar-refractivity contribution < 1.29 is 13.8 Å². The van der Waals surface area contributed by atoms with Gasteiger partial charge in [0.05, 0.1) is 6.16 Å². The molecule has 0 unspecified atom stereocenters. The Morgan fingerprint density at radius 2 is 1.86 bits per heavy atom. The van der Waals surface area contributed by atoms with Gasteiger partial charge >= 0.3 is 0 Å². The molecule has 0 amide bonds. The Morgan fingerprint density at radius 3 is 2.29 bits per heavy atom. The fraction of sp³-hybridized carbons (Fsp3) is 0.700. The van der Waals surface area contributed by atoms with Gasteiger partial charge in [-0.1, -0.05) is 11.6 Å². The Bertz CT molecular complexity index is 198. The van der Waals surface area contributed by atoms with Crippen LogP contribution in [-0.2, 0) is 13.8 Å². The van der Waals surface area contributed by atoms with Crippen molar-refractivity contribution in [3.8, 4) is 0 Å². The van der Waals surface area contributed by atoms with Crippen LogP contribution < -0.4 is 0 Å². The van der Waals surface area contributed by atoms with E-state index in [0.29, 0.717) is 12.6 Å². The van der Waals surface area contributed by atoms with Crippen LogP contribution in [0.25, 0.3) is 0 Å². The lowest BCUT2D eigenvalue weighted by Crippen LogP contribution is -2.04. The van der Waals surface area contributed by atoms with E-state index in [4.69, 9.17) is 9.05 Å².